The molecule has 0 aromatic heterocycles. The zero-order valence-electron chi connectivity index (χ0n) is 13.3. The van der Waals surface area contributed by atoms with Crippen LogP contribution in [0.15, 0.2) is 71.2 Å². The standard InChI is InChI=1S/C20H16BrCl2NO/c21-19-11-14(12-24-18-7-5-16(22)6-8-18)4-9-20(19)25-13-15-2-1-3-17(23)10-15/h1-11,24H,12-13H2. The molecule has 0 aliphatic heterocycles. The second kappa shape index (κ2) is 8.61. The lowest BCUT2D eigenvalue weighted by Gasteiger charge is -2.11. The molecule has 3 aromatic rings. The van der Waals surface area contributed by atoms with Crippen molar-refractivity contribution in [3.8, 4) is 5.75 Å². The first-order valence-corrected chi connectivity index (χ1v) is 9.30. The number of ether oxygens (including phenoxy) is 1. The predicted octanol–water partition coefficient (Wildman–Crippen LogP) is 6.95. The highest BCUT2D eigenvalue weighted by atomic mass is 79.9. The van der Waals surface area contributed by atoms with E-state index >= 15 is 0 Å². The van der Waals surface area contributed by atoms with Gasteiger partial charge in [-0.25, -0.2) is 0 Å². The van der Waals surface area contributed by atoms with Gasteiger partial charge >= 0.3 is 0 Å². The van der Waals surface area contributed by atoms with Gasteiger partial charge < -0.3 is 10.1 Å². The van der Waals surface area contributed by atoms with Gasteiger partial charge in [-0.2, -0.15) is 0 Å². The predicted molar refractivity (Wildman–Crippen MR) is 109 cm³/mol. The molecule has 3 rings (SSSR count). The Hall–Kier alpha value is -1.68. The summed E-state index contributed by atoms with van der Waals surface area (Å²) in [4.78, 5) is 0. The molecule has 0 aliphatic rings. The third-order valence-electron chi connectivity index (χ3n) is 3.62. The summed E-state index contributed by atoms with van der Waals surface area (Å²) in [5.74, 6) is 0.801. The number of nitrogens with one attached hydrogen (secondary N) is 1. The number of benzene rings is 3. The highest BCUT2D eigenvalue weighted by Crippen LogP contribution is 2.27. The second-order valence-electron chi connectivity index (χ2n) is 5.54. The summed E-state index contributed by atoms with van der Waals surface area (Å²) in [5, 5.41) is 4.81. The second-order valence-corrected chi connectivity index (χ2v) is 7.27. The van der Waals surface area contributed by atoms with Gasteiger partial charge in [0.25, 0.3) is 0 Å². The molecular formula is C20H16BrCl2NO. The van der Waals surface area contributed by atoms with Gasteiger partial charge in [0.05, 0.1) is 4.47 Å². The molecule has 0 aliphatic carbocycles. The van der Waals surface area contributed by atoms with Crippen LogP contribution in [0, 0.1) is 0 Å². The van der Waals surface area contributed by atoms with Gasteiger partial charge in [-0.1, -0.05) is 41.4 Å². The van der Waals surface area contributed by atoms with Crippen molar-refractivity contribution in [2.75, 3.05) is 5.32 Å². The molecule has 0 radical (unpaired) electrons. The van der Waals surface area contributed by atoms with E-state index in [4.69, 9.17) is 27.9 Å². The third kappa shape index (κ3) is 5.40. The minimum atomic E-state index is 0.474. The van der Waals surface area contributed by atoms with Crippen molar-refractivity contribution in [1.29, 1.82) is 0 Å². The SMILES string of the molecule is Clc1ccc(NCc2ccc(OCc3cccc(Cl)c3)c(Br)c2)cc1. The van der Waals surface area contributed by atoms with E-state index in [1.807, 2.05) is 60.7 Å². The van der Waals surface area contributed by atoms with Crippen LogP contribution in [0.1, 0.15) is 11.1 Å². The van der Waals surface area contributed by atoms with E-state index < -0.39 is 0 Å². The maximum Gasteiger partial charge on any atom is 0.134 e. The Bertz CT molecular complexity index is 853. The summed E-state index contributed by atoms with van der Waals surface area (Å²) in [6.07, 6.45) is 0. The van der Waals surface area contributed by atoms with E-state index in [-0.39, 0.29) is 0 Å². The molecule has 0 amide bonds. The molecule has 0 unspecified atom stereocenters. The molecule has 1 N–H and O–H groups in total. The largest absolute Gasteiger partial charge is 0.488 e. The molecule has 2 nitrogen and oxygen atoms in total. The van der Waals surface area contributed by atoms with Crippen molar-refractivity contribution in [1.82, 2.24) is 0 Å². The molecule has 0 bridgehead atoms. The maximum absolute atomic E-state index is 5.99. The first-order chi connectivity index (χ1) is 12.1. The summed E-state index contributed by atoms with van der Waals surface area (Å²) < 4.78 is 6.79. The fourth-order valence-corrected chi connectivity index (χ4v) is 3.21. The van der Waals surface area contributed by atoms with Gasteiger partial charge in [0, 0.05) is 22.3 Å². The molecular weight excluding hydrogens is 421 g/mol. The van der Waals surface area contributed by atoms with E-state index in [1.54, 1.807) is 0 Å². The Morgan fingerprint density at radius 1 is 0.840 bits per heavy atom. The van der Waals surface area contributed by atoms with Crippen LogP contribution in [0.5, 0.6) is 5.75 Å². The van der Waals surface area contributed by atoms with Crippen molar-refractivity contribution in [3.63, 3.8) is 0 Å². The lowest BCUT2D eigenvalue weighted by Crippen LogP contribution is -2.00. The Balaban J connectivity index is 1.59. The number of anilines is 1. The average molecular weight is 437 g/mol. The van der Waals surface area contributed by atoms with Crippen LogP contribution < -0.4 is 10.1 Å². The molecule has 0 saturated heterocycles. The van der Waals surface area contributed by atoms with Crippen LogP contribution in [0.25, 0.3) is 0 Å². The van der Waals surface area contributed by atoms with Crippen molar-refractivity contribution < 1.29 is 4.74 Å². The highest BCUT2D eigenvalue weighted by molar-refractivity contribution is 9.10. The lowest BCUT2D eigenvalue weighted by molar-refractivity contribution is 0.304. The molecule has 25 heavy (non-hydrogen) atoms. The van der Waals surface area contributed by atoms with E-state index in [2.05, 4.69) is 27.3 Å². The Labute approximate surface area is 165 Å². The van der Waals surface area contributed by atoms with Crippen molar-refractivity contribution in [2.24, 2.45) is 0 Å². The van der Waals surface area contributed by atoms with E-state index in [0.29, 0.717) is 11.6 Å². The third-order valence-corrected chi connectivity index (χ3v) is 4.73. The van der Waals surface area contributed by atoms with Gasteiger partial charge in [0.1, 0.15) is 12.4 Å². The van der Waals surface area contributed by atoms with Gasteiger partial charge in [-0.15, -0.1) is 0 Å². The monoisotopic (exact) mass is 435 g/mol. The van der Waals surface area contributed by atoms with Crippen LogP contribution in [0.3, 0.4) is 0 Å². The van der Waals surface area contributed by atoms with Crippen molar-refractivity contribution in [3.05, 3.63) is 92.4 Å². The smallest absolute Gasteiger partial charge is 0.134 e. The summed E-state index contributed by atoms with van der Waals surface area (Å²) >= 11 is 15.5. The van der Waals surface area contributed by atoms with Crippen LogP contribution >= 0.6 is 39.1 Å². The van der Waals surface area contributed by atoms with Crippen LogP contribution in [-0.4, -0.2) is 0 Å². The van der Waals surface area contributed by atoms with E-state index in [0.717, 1.165) is 38.6 Å². The fraction of sp³-hybridized carbons (Fsp3) is 0.100. The molecule has 0 heterocycles. The zero-order chi connectivity index (χ0) is 17.6. The van der Waals surface area contributed by atoms with Crippen LogP contribution in [0.2, 0.25) is 10.0 Å². The lowest BCUT2D eigenvalue weighted by atomic mass is 10.2. The Kier molecular flexibility index (Phi) is 6.24. The zero-order valence-corrected chi connectivity index (χ0v) is 16.4. The van der Waals surface area contributed by atoms with E-state index in [9.17, 15) is 0 Å². The molecule has 128 valence electrons. The van der Waals surface area contributed by atoms with Crippen molar-refractivity contribution >= 4 is 44.8 Å². The molecule has 3 aromatic carbocycles. The fourth-order valence-electron chi connectivity index (χ4n) is 2.33. The summed E-state index contributed by atoms with van der Waals surface area (Å²) in [6, 6.07) is 21.4. The van der Waals surface area contributed by atoms with Crippen molar-refractivity contribution in [2.45, 2.75) is 13.2 Å². The molecule has 0 atom stereocenters. The average Bonchev–Trinajstić information content (AvgIpc) is 2.60. The first kappa shape index (κ1) is 18.1. The van der Waals surface area contributed by atoms with Gasteiger partial charge in [0.15, 0.2) is 0 Å². The Morgan fingerprint density at radius 3 is 2.36 bits per heavy atom. The molecule has 0 spiro atoms. The quantitative estimate of drug-likeness (QED) is 0.451. The van der Waals surface area contributed by atoms with Gasteiger partial charge in [-0.05, 0) is 75.6 Å². The molecule has 0 fully saturated rings. The van der Waals surface area contributed by atoms with Gasteiger partial charge in [-0.3, -0.25) is 0 Å². The Morgan fingerprint density at radius 2 is 1.64 bits per heavy atom. The van der Waals surface area contributed by atoms with E-state index in [1.165, 1.54) is 0 Å². The number of hydrogen-bond donors (Lipinski definition) is 1. The number of hydrogen-bond acceptors (Lipinski definition) is 2. The summed E-state index contributed by atoms with van der Waals surface area (Å²) in [6.45, 7) is 1.19. The number of rotatable bonds is 6. The maximum atomic E-state index is 5.99. The highest BCUT2D eigenvalue weighted by Gasteiger charge is 2.04. The minimum Gasteiger partial charge on any atom is -0.488 e. The summed E-state index contributed by atoms with van der Waals surface area (Å²) in [5.41, 5.74) is 3.21. The first-order valence-electron chi connectivity index (χ1n) is 7.75. The summed E-state index contributed by atoms with van der Waals surface area (Å²) in [7, 11) is 0. The normalized spacial score (nSPS) is 10.5. The van der Waals surface area contributed by atoms with Crippen LogP contribution in [0.4, 0.5) is 5.69 Å². The molecule has 0 saturated carbocycles. The topological polar surface area (TPSA) is 21.3 Å². The number of halogens is 3. The minimum absolute atomic E-state index is 0.474. The van der Waals surface area contributed by atoms with Gasteiger partial charge in [0.2, 0.25) is 0 Å². The van der Waals surface area contributed by atoms with Crippen LogP contribution in [-0.2, 0) is 13.2 Å². The molecule has 5 heteroatoms.